The van der Waals surface area contributed by atoms with Crippen molar-refractivity contribution in [3.8, 4) is 0 Å². The molecule has 14 heavy (non-hydrogen) atoms. The van der Waals surface area contributed by atoms with Crippen LogP contribution >= 0.6 is 11.3 Å². The molecule has 0 radical (unpaired) electrons. The molecule has 1 aliphatic rings. The maximum absolute atomic E-state index is 4.35. The SMILES string of the molecule is CNC(Cc1nccs1)C1CCCC1. The van der Waals surface area contributed by atoms with E-state index in [1.165, 1.54) is 30.7 Å². The molecule has 0 aromatic carbocycles. The highest BCUT2D eigenvalue weighted by molar-refractivity contribution is 7.09. The Hall–Kier alpha value is -0.410. The van der Waals surface area contributed by atoms with E-state index in [0.717, 1.165) is 12.3 Å². The highest BCUT2D eigenvalue weighted by Gasteiger charge is 2.24. The molecule has 1 N–H and O–H groups in total. The van der Waals surface area contributed by atoms with E-state index >= 15 is 0 Å². The highest BCUT2D eigenvalue weighted by Crippen LogP contribution is 2.29. The Balaban J connectivity index is 1.92. The second kappa shape index (κ2) is 4.89. The molecule has 0 bridgehead atoms. The number of likely N-dealkylation sites (N-methyl/N-ethyl adjacent to an activating group) is 1. The van der Waals surface area contributed by atoms with E-state index in [1.807, 2.05) is 6.20 Å². The lowest BCUT2D eigenvalue weighted by Crippen LogP contribution is -2.34. The van der Waals surface area contributed by atoms with Gasteiger partial charge in [0.05, 0.1) is 5.01 Å². The molecule has 1 atom stereocenters. The molecule has 78 valence electrons. The third kappa shape index (κ3) is 2.34. The molecule has 1 fully saturated rings. The van der Waals surface area contributed by atoms with Gasteiger partial charge in [-0.2, -0.15) is 0 Å². The Labute approximate surface area is 89.8 Å². The van der Waals surface area contributed by atoms with Gasteiger partial charge in [-0.25, -0.2) is 4.98 Å². The third-order valence-electron chi connectivity index (χ3n) is 3.22. The molecule has 1 saturated carbocycles. The zero-order valence-corrected chi connectivity index (χ0v) is 9.52. The van der Waals surface area contributed by atoms with Gasteiger partial charge in [-0.3, -0.25) is 0 Å². The van der Waals surface area contributed by atoms with Crippen LogP contribution in [-0.4, -0.2) is 18.1 Å². The topological polar surface area (TPSA) is 24.9 Å². The third-order valence-corrected chi connectivity index (χ3v) is 4.02. The van der Waals surface area contributed by atoms with Crippen LogP contribution < -0.4 is 5.32 Å². The van der Waals surface area contributed by atoms with E-state index < -0.39 is 0 Å². The van der Waals surface area contributed by atoms with Crippen molar-refractivity contribution in [1.82, 2.24) is 10.3 Å². The van der Waals surface area contributed by atoms with Crippen LogP contribution in [0.4, 0.5) is 0 Å². The Kier molecular flexibility index (Phi) is 3.54. The van der Waals surface area contributed by atoms with Gasteiger partial charge in [0, 0.05) is 24.0 Å². The van der Waals surface area contributed by atoms with Gasteiger partial charge in [0.15, 0.2) is 0 Å². The molecule has 1 aliphatic carbocycles. The lowest BCUT2D eigenvalue weighted by Gasteiger charge is -2.21. The van der Waals surface area contributed by atoms with Gasteiger partial charge in [0.25, 0.3) is 0 Å². The van der Waals surface area contributed by atoms with Crippen LogP contribution in [-0.2, 0) is 6.42 Å². The number of hydrogen-bond acceptors (Lipinski definition) is 3. The van der Waals surface area contributed by atoms with Crippen molar-refractivity contribution in [2.45, 2.75) is 38.1 Å². The molecular weight excluding hydrogens is 192 g/mol. The highest BCUT2D eigenvalue weighted by atomic mass is 32.1. The largest absolute Gasteiger partial charge is 0.316 e. The van der Waals surface area contributed by atoms with Gasteiger partial charge in [0.1, 0.15) is 0 Å². The average molecular weight is 210 g/mol. The van der Waals surface area contributed by atoms with Gasteiger partial charge in [-0.05, 0) is 25.8 Å². The Morgan fingerprint density at radius 1 is 1.57 bits per heavy atom. The zero-order chi connectivity index (χ0) is 9.80. The molecule has 0 spiro atoms. The fourth-order valence-corrected chi connectivity index (χ4v) is 3.08. The van der Waals surface area contributed by atoms with E-state index in [-0.39, 0.29) is 0 Å². The van der Waals surface area contributed by atoms with Crippen LogP contribution in [0, 0.1) is 5.92 Å². The summed E-state index contributed by atoms with van der Waals surface area (Å²) >= 11 is 1.77. The predicted octanol–water partition coefficient (Wildman–Crippen LogP) is 2.46. The predicted molar refractivity (Wildman–Crippen MR) is 60.6 cm³/mol. The van der Waals surface area contributed by atoms with E-state index in [1.54, 1.807) is 11.3 Å². The maximum atomic E-state index is 4.35. The molecule has 0 aliphatic heterocycles. The van der Waals surface area contributed by atoms with Gasteiger partial charge in [-0.1, -0.05) is 12.8 Å². The van der Waals surface area contributed by atoms with Crippen molar-refractivity contribution in [2.75, 3.05) is 7.05 Å². The van der Waals surface area contributed by atoms with Crippen LogP contribution in [0.25, 0.3) is 0 Å². The number of aromatic nitrogens is 1. The average Bonchev–Trinajstić information content (AvgIpc) is 2.86. The normalized spacial score (nSPS) is 20.1. The van der Waals surface area contributed by atoms with Crippen LogP contribution in [0.3, 0.4) is 0 Å². The first kappa shape index (κ1) is 10.1. The monoisotopic (exact) mass is 210 g/mol. The second-order valence-electron chi connectivity index (χ2n) is 4.07. The van der Waals surface area contributed by atoms with Crippen molar-refractivity contribution >= 4 is 11.3 Å². The summed E-state index contributed by atoms with van der Waals surface area (Å²) in [4.78, 5) is 4.35. The maximum Gasteiger partial charge on any atom is 0.0940 e. The summed E-state index contributed by atoms with van der Waals surface area (Å²) in [6.45, 7) is 0. The van der Waals surface area contributed by atoms with Crippen molar-refractivity contribution in [3.63, 3.8) is 0 Å². The summed E-state index contributed by atoms with van der Waals surface area (Å²) in [5.41, 5.74) is 0. The summed E-state index contributed by atoms with van der Waals surface area (Å²) < 4.78 is 0. The molecule has 2 nitrogen and oxygen atoms in total. The number of thiazole rings is 1. The minimum atomic E-state index is 0.642. The van der Waals surface area contributed by atoms with Crippen molar-refractivity contribution in [3.05, 3.63) is 16.6 Å². The lowest BCUT2D eigenvalue weighted by molar-refractivity contribution is 0.377. The van der Waals surface area contributed by atoms with Crippen LogP contribution in [0.5, 0.6) is 0 Å². The molecule has 0 saturated heterocycles. The Morgan fingerprint density at radius 3 is 2.93 bits per heavy atom. The number of rotatable bonds is 4. The zero-order valence-electron chi connectivity index (χ0n) is 8.70. The first-order valence-electron chi connectivity index (χ1n) is 5.46. The van der Waals surface area contributed by atoms with Crippen molar-refractivity contribution < 1.29 is 0 Å². The van der Waals surface area contributed by atoms with Gasteiger partial charge < -0.3 is 5.32 Å². The molecule has 1 heterocycles. The minimum absolute atomic E-state index is 0.642. The van der Waals surface area contributed by atoms with Gasteiger partial charge >= 0.3 is 0 Å². The molecular formula is C11H18N2S. The van der Waals surface area contributed by atoms with Crippen LogP contribution in [0.2, 0.25) is 0 Å². The second-order valence-corrected chi connectivity index (χ2v) is 5.05. The van der Waals surface area contributed by atoms with Crippen molar-refractivity contribution in [1.29, 1.82) is 0 Å². The van der Waals surface area contributed by atoms with E-state index in [4.69, 9.17) is 0 Å². The molecule has 2 rings (SSSR count). The molecule has 1 aromatic heterocycles. The number of hydrogen-bond donors (Lipinski definition) is 1. The lowest BCUT2D eigenvalue weighted by atomic mass is 9.96. The van der Waals surface area contributed by atoms with Gasteiger partial charge in [0.2, 0.25) is 0 Å². The first-order chi connectivity index (χ1) is 6.90. The summed E-state index contributed by atoms with van der Waals surface area (Å²) in [6.07, 6.45) is 8.65. The van der Waals surface area contributed by atoms with Crippen LogP contribution in [0.1, 0.15) is 30.7 Å². The number of nitrogens with one attached hydrogen (secondary N) is 1. The van der Waals surface area contributed by atoms with Gasteiger partial charge in [-0.15, -0.1) is 11.3 Å². The first-order valence-corrected chi connectivity index (χ1v) is 6.33. The molecule has 1 unspecified atom stereocenters. The molecule has 3 heteroatoms. The quantitative estimate of drug-likeness (QED) is 0.825. The van der Waals surface area contributed by atoms with E-state index in [0.29, 0.717) is 6.04 Å². The van der Waals surface area contributed by atoms with E-state index in [9.17, 15) is 0 Å². The minimum Gasteiger partial charge on any atom is -0.316 e. The molecule has 0 amide bonds. The van der Waals surface area contributed by atoms with Crippen molar-refractivity contribution in [2.24, 2.45) is 5.92 Å². The standard InChI is InChI=1S/C11H18N2S/c1-12-10(9-4-2-3-5-9)8-11-13-6-7-14-11/h6-7,9-10,12H,2-5,8H2,1H3. The van der Waals surface area contributed by atoms with E-state index in [2.05, 4.69) is 22.7 Å². The summed E-state index contributed by atoms with van der Waals surface area (Å²) in [7, 11) is 2.08. The Bertz CT molecular complexity index is 252. The fraction of sp³-hybridized carbons (Fsp3) is 0.727. The fourth-order valence-electron chi connectivity index (χ4n) is 2.41. The smallest absolute Gasteiger partial charge is 0.0940 e. The summed E-state index contributed by atoms with van der Waals surface area (Å²) in [5, 5.41) is 6.79. The van der Waals surface area contributed by atoms with Crippen LogP contribution in [0.15, 0.2) is 11.6 Å². The molecule has 1 aromatic rings. The summed E-state index contributed by atoms with van der Waals surface area (Å²) in [6, 6.07) is 0.642. The number of nitrogens with zero attached hydrogens (tertiary/aromatic N) is 1. The Morgan fingerprint density at radius 2 is 2.36 bits per heavy atom. The summed E-state index contributed by atoms with van der Waals surface area (Å²) in [5.74, 6) is 0.879.